The smallest absolute Gasteiger partial charge is 0.400 e. The van der Waals surface area contributed by atoms with Crippen molar-refractivity contribution in [1.82, 2.24) is 0 Å². The number of nitrogens with one attached hydrogen (secondary N) is 1. The maximum atomic E-state index is 10.4. The molecule has 2 rings (SSSR count). The SMILES string of the molecule is O=[N+]([O-])c1ccc(/C=N/Nc2ccc(Cl)cc2)o1. The molecule has 0 aliphatic heterocycles. The second-order valence-corrected chi connectivity index (χ2v) is 3.75. The highest BCUT2D eigenvalue weighted by Crippen LogP contribution is 2.15. The quantitative estimate of drug-likeness (QED) is 0.522. The first-order valence-corrected chi connectivity index (χ1v) is 5.32. The molecule has 18 heavy (non-hydrogen) atoms. The van der Waals surface area contributed by atoms with Crippen LogP contribution in [-0.4, -0.2) is 11.1 Å². The van der Waals surface area contributed by atoms with Gasteiger partial charge in [-0.25, -0.2) is 0 Å². The normalized spacial score (nSPS) is 10.7. The Kier molecular flexibility index (Phi) is 3.59. The number of furan rings is 1. The molecule has 7 heteroatoms. The highest BCUT2D eigenvalue weighted by molar-refractivity contribution is 6.30. The highest BCUT2D eigenvalue weighted by atomic mass is 35.5. The Balaban J connectivity index is 1.98. The van der Waals surface area contributed by atoms with Crippen LogP contribution in [0, 0.1) is 10.1 Å². The lowest BCUT2D eigenvalue weighted by Gasteiger charge is -1.98. The number of nitro groups is 1. The molecule has 0 saturated carbocycles. The van der Waals surface area contributed by atoms with E-state index in [1.54, 1.807) is 24.3 Å². The zero-order valence-electron chi connectivity index (χ0n) is 9.04. The second kappa shape index (κ2) is 5.33. The minimum absolute atomic E-state index is 0.295. The Bertz CT molecular complexity index is 577. The van der Waals surface area contributed by atoms with Crippen LogP contribution in [0.15, 0.2) is 45.9 Å². The van der Waals surface area contributed by atoms with Crippen molar-refractivity contribution in [3.63, 3.8) is 0 Å². The second-order valence-electron chi connectivity index (χ2n) is 3.31. The molecule has 1 heterocycles. The molecule has 92 valence electrons. The summed E-state index contributed by atoms with van der Waals surface area (Å²) in [7, 11) is 0. The number of nitrogens with zero attached hydrogens (tertiary/aromatic N) is 2. The Labute approximate surface area is 107 Å². The van der Waals surface area contributed by atoms with E-state index < -0.39 is 4.92 Å². The summed E-state index contributed by atoms with van der Waals surface area (Å²) in [6.07, 6.45) is 1.35. The summed E-state index contributed by atoms with van der Waals surface area (Å²) < 4.78 is 4.89. The van der Waals surface area contributed by atoms with Gasteiger partial charge in [-0.1, -0.05) is 11.6 Å². The fourth-order valence-electron chi connectivity index (χ4n) is 1.20. The van der Waals surface area contributed by atoms with E-state index in [1.807, 2.05) is 0 Å². The van der Waals surface area contributed by atoms with Gasteiger partial charge in [0.05, 0.1) is 18.0 Å². The fourth-order valence-corrected chi connectivity index (χ4v) is 1.33. The summed E-state index contributed by atoms with van der Waals surface area (Å²) in [5.41, 5.74) is 3.49. The minimum atomic E-state index is -0.607. The summed E-state index contributed by atoms with van der Waals surface area (Å²) in [5.74, 6) is -0.0221. The van der Waals surface area contributed by atoms with Gasteiger partial charge in [0.15, 0.2) is 5.76 Å². The topological polar surface area (TPSA) is 80.7 Å². The van der Waals surface area contributed by atoms with Gasteiger partial charge < -0.3 is 4.42 Å². The number of hydrogen-bond acceptors (Lipinski definition) is 5. The van der Waals surface area contributed by atoms with E-state index in [0.717, 1.165) is 5.69 Å². The number of hydrazone groups is 1. The van der Waals surface area contributed by atoms with Crippen molar-refractivity contribution in [1.29, 1.82) is 0 Å². The standard InChI is InChI=1S/C11H8ClN3O3/c12-8-1-3-9(4-2-8)14-13-7-10-5-6-11(18-10)15(16)17/h1-7,14H/b13-7+. The lowest BCUT2D eigenvalue weighted by molar-refractivity contribution is -0.402. The summed E-state index contributed by atoms with van der Waals surface area (Å²) in [5, 5.41) is 14.9. The number of rotatable bonds is 4. The summed E-state index contributed by atoms with van der Waals surface area (Å²) in [6.45, 7) is 0. The molecule has 0 atom stereocenters. The average molecular weight is 266 g/mol. The van der Waals surface area contributed by atoms with Crippen LogP contribution in [0.1, 0.15) is 5.76 Å². The van der Waals surface area contributed by atoms with E-state index in [9.17, 15) is 10.1 Å². The predicted octanol–water partition coefficient (Wildman–Crippen LogP) is 3.29. The highest BCUT2D eigenvalue weighted by Gasteiger charge is 2.09. The third-order valence-electron chi connectivity index (χ3n) is 2.02. The van der Waals surface area contributed by atoms with Crippen LogP contribution in [0.5, 0.6) is 0 Å². The first-order valence-electron chi connectivity index (χ1n) is 4.94. The molecule has 1 aromatic heterocycles. The lowest BCUT2D eigenvalue weighted by Crippen LogP contribution is -1.89. The summed E-state index contributed by atoms with van der Waals surface area (Å²) in [4.78, 5) is 9.77. The van der Waals surface area contributed by atoms with Gasteiger partial charge in [-0.2, -0.15) is 5.10 Å². The third-order valence-corrected chi connectivity index (χ3v) is 2.27. The number of hydrogen-bond donors (Lipinski definition) is 1. The Morgan fingerprint density at radius 3 is 2.61 bits per heavy atom. The van der Waals surface area contributed by atoms with Crippen molar-refractivity contribution >= 4 is 29.4 Å². The lowest BCUT2D eigenvalue weighted by atomic mass is 10.3. The Morgan fingerprint density at radius 2 is 2.00 bits per heavy atom. The fraction of sp³-hybridized carbons (Fsp3) is 0. The maximum absolute atomic E-state index is 10.4. The molecule has 1 aromatic carbocycles. The number of halogens is 1. The van der Waals surface area contributed by atoms with Gasteiger partial charge in [0.2, 0.25) is 0 Å². The van der Waals surface area contributed by atoms with E-state index in [0.29, 0.717) is 10.8 Å². The molecule has 0 aliphatic rings. The number of benzene rings is 1. The minimum Gasteiger partial charge on any atom is -0.400 e. The van der Waals surface area contributed by atoms with E-state index in [4.69, 9.17) is 16.0 Å². The van der Waals surface area contributed by atoms with Crippen LogP contribution in [0.3, 0.4) is 0 Å². The molecule has 2 aromatic rings. The van der Waals surface area contributed by atoms with Crippen LogP contribution < -0.4 is 5.43 Å². The van der Waals surface area contributed by atoms with Crippen LogP contribution in [0.2, 0.25) is 5.02 Å². The zero-order chi connectivity index (χ0) is 13.0. The third kappa shape index (κ3) is 3.08. The maximum Gasteiger partial charge on any atom is 0.433 e. The summed E-state index contributed by atoms with van der Waals surface area (Å²) in [6, 6.07) is 9.68. The van der Waals surface area contributed by atoms with Crippen LogP contribution in [0.4, 0.5) is 11.6 Å². The molecular formula is C11H8ClN3O3. The molecule has 6 nitrogen and oxygen atoms in total. The zero-order valence-corrected chi connectivity index (χ0v) is 9.79. The number of anilines is 1. The van der Waals surface area contributed by atoms with E-state index in [1.165, 1.54) is 18.3 Å². The van der Waals surface area contributed by atoms with Crippen molar-refractivity contribution in [3.8, 4) is 0 Å². The van der Waals surface area contributed by atoms with Gasteiger partial charge >= 0.3 is 5.88 Å². The van der Waals surface area contributed by atoms with Gasteiger partial charge in [-0.3, -0.25) is 15.5 Å². The Morgan fingerprint density at radius 1 is 1.28 bits per heavy atom. The van der Waals surface area contributed by atoms with Crippen molar-refractivity contribution in [2.75, 3.05) is 5.43 Å². The molecule has 0 bridgehead atoms. The first kappa shape index (κ1) is 12.1. The van der Waals surface area contributed by atoms with E-state index in [2.05, 4.69) is 10.5 Å². The largest absolute Gasteiger partial charge is 0.433 e. The van der Waals surface area contributed by atoms with Gasteiger partial charge in [0.1, 0.15) is 4.92 Å². The molecule has 0 unspecified atom stereocenters. The monoisotopic (exact) mass is 265 g/mol. The summed E-state index contributed by atoms with van der Waals surface area (Å²) >= 11 is 5.73. The Hall–Kier alpha value is -2.34. The van der Waals surface area contributed by atoms with Crippen LogP contribution in [0.25, 0.3) is 0 Å². The van der Waals surface area contributed by atoms with Gasteiger partial charge in [0, 0.05) is 5.02 Å². The van der Waals surface area contributed by atoms with Gasteiger partial charge in [-0.05, 0) is 30.3 Å². The van der Waals surface area contributed by atoms with E-state index >= 15 is 0 Å². The molecule has 0 radical (unpaired) electrons. The first-order chi connectivity index (χ1) is 8.65. The van der Waals surface area contributed by atoms with Crippen molar-refractivity contribution in [2.45, 2.75) is 0 Å². The predicted molar refractivity (Wildman–Crippen MR) is 68.0 cm³/mol. The van der Waals surface area contributed by atoms with Crippen molar-refractivity contribution in [2.24, 2.45) is 5.10 Å². The molecule has 0 saturated heterocycles. The van der Waals surface area contributed by atoms with Crippen LogP contribution >= 0.6 is 11.6 Å². The van der Waals surface area contributed by atoms with Gasteiger partial charge in [0.25, 0.3) is 0 Å². The average Bonchev–Trinajstić information content (AvgIpc) is 2.81. The molecule has 0 amide bonds. The van der Waals surface area contributed by atoms with Crippen molar-refractivity contribution < 1.29 is 9.34 Å². The molecule has 0 fully saturated rings. The molecule has 1 N–H and O–H groups in total. The molecule has 0 spiro atoms. The van der Waals surface area contributed by atoms with E-state index in [-0.39, 0.29) is 5.88 Å². The van der Waals surface area contributed by atoms with Crippen molar-refractivity contribution in [3.05, 3.63) is 57.3 Å². The van der Waals surface area contributed by atoms with Crippen LogP contribution in [-0.2, 0) is 0 Å². The molecule has 0 aliphatic carbocycles. The van der Waals surface area contributed by atoms with Gasteiger partial charge in [-0.15, -0.1) is 0 Å². The molecular weight excluding hydrogens is 258 g/mol.